The van der Waals surface area contributed by atoms with Crippen LogP contribution in [-0.2, 0) is 10.0 Å². The van der Waals surface area contributed by atoms with Gasteiger partial charge in [-0.3, -0.25) is 4.79 Å². The highest BCUT2D eigenvalue weighted by Gasteiger charge is 2.54. The lowest BCUT2D eigenvalue weighted by Crippen LogP contribution is -2.55. The number of hydrogen-bond acceptors (Lipinski definition) is 6. The van der Waals surface area contributed by atoms with Crippen LogP contribution < -0.4 is 10.5 Å². The SMILES string of the molecule is NS(=O)(=O)c1ccc(C(=O)NC2CC3(C2)CC(c2nc4cc(Cl)ccc4o2)C3)o1. The molecule has 2 aliphatic rings. The number of carbonyl (C=O) groups is 1. The van der Waals surface area contributed by atoms with Crippen LogP contribution >= 0.6 is 11.6 Å². The van der Waals surface area contributed by atoms with Crippen LogP contribution in [0.25, 0.3) is 11.1 Å². The minimum Gasteiger partial charge on any atom is -0.440 e. The number of nitrogens with two attached hydrogens (primary N) is 1. The van der Waals surface area contributed by atoms with Gasteiger partial charge in [0.05, 0.1) is 0 Å². The Morgan fingerprint density at radius 1 is 1.17 bits per heavy atom. The molecule has 3 N–H and O–H groups in total. The van der Waals surface area contributed by atoms with E-state index in [9.17, 15) is 13.2 Å². The molecule has 1 amide bonds. The Kier molecular flexibility index (Phi) is 4.06. The van der Waals surface area contributed by atoms with Gasteiger partial charge in [-0.25, -0.2) is 18.5 Å². The summed E-state index contributed by atoms with van der Waals surface area (Å²) in [6, 6.07) is 7.93. The van der Waals surface area contributed by atoms with Crippen LogP contribution in [0, 0.1) is 5.41 Å². The molecule has 2 aliphatic carbocycles. The van der Waals surface area contributed by atoms with Crippen molar-refractivity contribution in [2.45, 2.75) is 42.7 Å². The number of nitrogens with zero attached hydrogens (tertiary/aromatic N) is 1. The second-order valence-electron chi connectivity index (χ2n) is 8.01. The van der Waals surface area contributed by atoms with Crippen LogP contribution in [0.15, 0.2) is 44.3 Å². The predicted molar refractivity (Wildman–Crippen MR) is 104 cm³/mol. The summed E-state index contributed by atoms with van der Waals surface area (Å²) >= 11 is 6.00. The van der Waals surface area contributed by atoms with Crippen LogP contribution in [0.5, 0.6) is 0 Å². The van der Waals surface area contributed by atoms with Crippen molar-refractivity contribution >= 4 is 38.6 Å². The number of primary sulfonamides is 1. The molecule has 0 bridgehead atoms. The third-order valence-electron chi connectivity index (χ3n) is 5.85. The number of benzene rings is 1. The Balaban J connectivity index is 1.16. The molecule has 8 nitrogen and oxygen atoms in total. The summed E-state index contributed by atoms with van der Waals surface area (Å²) in [5, 5.41) is 8.08. The zero-order valence-corrected chi connectivity index (χ0v) is 16.8. The van der Waals surface area contributed by atoms with E-state index in [1.54, 1.807) is 12.1 Å². The smallest absolute Gasteiger partial charge is 0.287 e. The van der Waals surface area contributed by atoms with Gasteiger partial charge >= 0.3 is 0 Å². The van der Waals surface area contributed by atoms with E-state index < -0.39 is 21.0 Å². The fourth-order valence-corrected chi connectivity index (χ4v) is 5.16. The van der Waals surface area contributed by atoms with Crippen LogP contribution in [0.4, 0.5) is 0 Å². The first-order chi connectivity index (χ1) is 13.7. The number of hydrogen-bond donors (Lipinski definition) is 2. The molecule has 1 spiro atoms. The van der Waals surface area contributed by atoms with Crippen molar-refractivity contribution in [1.82, 2.24) is 10.3 Å². The van der Waals surface area contributed by atoms with Gasteiger partial charge in [0.2, 0.25) is 5.09 Å². The molecule has 3 aromatic rings. The van der Waals surface area contributed by atoms with E-state index in [1.807, 2.05) is 6.07 Å². The number of amides is 1. The van der Waals surface area contributed by atoms with Gasteiger partial charge in [0.15, 0.2) is 17.2 Å². The van der Waals surface area contributed by atoms with Gasteiger partial charge in [-0.15, -0.1) is 0 Å². The number of fused-ring (bicyclic) bond motifs is 1. The van der Waals surface area contributed by atoms with Gasteiger partial charge in [-0.2, -0.15) is 0 Å². The number of aromatic nitrogens is 1. The van der Waals surface area contributed by atoms with Gasteiger partial charge < -0.3 is 14.2 Å². The van der Waals surface area contributed by atoms with Crippen molar-refractivity contribution < 1.29 is 22.0 Å². The van der Waals surface area contributed by atoms with Crippen molar-refractivity contribution in [1.29, 1.82) is 0 Å². The fourth-order valence-electron chi connectivity index (χ4n) is 4.53. The van der Waals surface area contributed by atoms with E-state index in [0.717, 1.165) is 42.7 Å². The molecule has 2 heterocycles. The molecule has 0 saturated heterocycles. The van der Waals surface area contributed by atoms with Crippen molar-refractivity contribution in [3.8, 4) is 0 Å². The lowest BCUT2D eigenvalue weighted by atomic mass is 9.50. The summed E-state index contributed by atoms with van der Waals surface area (Å²) in [7, 11) is -3.96. The lowest BCUT2D eigenvalue weighted by Gasteiger charge is -2.57. The van der Waals surface area contributed by atoms with Gasteiger partial charge in [-0.05, 0) is 61.4 Å². The van der Waals surface area contributed by atoms with E-state index in [-0.39, 0.29) is 23.1 Å². The number of sulfonamides is 1. The van der Waals surface area contributed by atoms with E-state index in [1.165, 1.54) is 12.1 Å². The summed E-state index contributed by atoms with van der Waals surface area (Å²) < 4.78 is 33.4. The number of nitrogens with one attached hydrogen (secondary N) is 1. The summed E-state index contributed by atoms with van der Waals surface area (Å²) in [5.74, 6) is 0.518. The largest absolute Gasteiger partial charge is 0.440 e. The molecule has 10 heteroatoms. The Morgan fingerprint density at radius 2 is 1.93 bits per heavy atom. The predicted octanol–water partition coefficient (Wildman–Crippen LogP) is 3.18. The maximum absolute atomic E-state index is 12.2. The third-order valence-corrected chi connectivity index (χ3v) is 6.87. The zero-order valence-electron chi connectivity index (χ0n) is 15.2. The molecule has 2 saturated carbocycles. The van der Waals surface area contributed by atoms with E-state index >= 15 is 0 Å². The maximum atomic E-state index is 12.2. The van der Waals surface area contributed by atoms with Gasteiger partial charge in [0, 0.05) is 17.0 Å². The summed E-state index contributed by atoms with van der Waals surface area (Å²) in [5.41, 5.74) is 1.71. The number of carbonyl (C=O) groups excluding carboxylic acids is 1. The first-order valence-electron chi connectivity index (χ1n) is 9.20. The minimum absolute atomic E-state index is 0.0360. The molecule has 29 heavy (non-hydrogen) atoms. The minimum atomic E-state index is -3.96. The van der Waals surface area contributed by atoms with Crippen molar-refractivity contribution in [3.05, 3.63) is 47.0 Å². The Morgan fingerprint density at radius 3 is 2.62 bits per heavy atom. The number of furan rings is 1. The second kappa shape index (κ2) is 6.32. The summed E-state index contributed by atoms with van der Waals surface area (Å²) in [6.07, 6.45) is 3.67. The highest BCUT2D eigenvalue weighted by atomic mass is 35.5. The Bertz CT molecular complexity index is 1220. The topological polar surface area (TPSA) is 128 Å². The molecule has 152 valence electrons. The molecule has 5 rings (SSSR count). The Hall–Kier alpha value is -2.36. The standard InChI is InChI=1S/C19H18ClN3O5S/c20-11-1-2-14-13(5-11)23-18(28-14)10-6-19(7-10)8-12(9-19)22-17(24)15-3-4-16(27-15)29(21,25)26/h1-5,10,12H,6-9H2,(H,22,24)(H2,21,25,26). The quantitative estimate of drug-likeness (QED) is 0.647. The van der Waals surface area contributed by atoms with Crippen molar-refractivity contribution in [2.24, 2.45) is 10.6 Å². The molecular formula is C19H18ClN3O5S. The average molecular weight is 436 g/mol. The molecular weight excluding hydrogens is 418 g/mol. The molecule has 0 unspecified atom stereocenters. The van der Waals surface area contributed by atoms with Crippen molar-refractivity contribution in [2.75, 3.05) is 0 Å². The van der Waals surface area contributed by atoms with Gasteiger partial charge in [0.1, 0.15) is 5.52 Å². The van der Waals surface area contributed by atoms with Gasteiger partial charge in [-0.1, -0.05) is 11.6 Å². The summed E-state index contributed by atoms with van der Waals surface area (Å²) in [6.45, 7) is 0. The maximum Gasteiger partial charge on any atom is 0.287 e. The van der Waals surface area contributed by atoms with Crippen LogP contribution in [0.3, 0.4) is 0 Å². The second-order valence-corrected chi connectivity index (χ2v) is 9.94. The Labute approximate surface area is 171 Å². The van der Waals surface area contributed by atoms with Crippen LogP contribution in [-0.4, -0.2) is 25.4 Å². The van der Waals surface area contributed by atoms with Crippen LogP contribution in [0.1, 0.15) is 48.0 Å². The van der Waals surface area contributed by atoms with E-state index in [2.05, 4.69) is 10.3 Å². The molecule has 2 aromatic heterocycles. The molecule has 0 atom stereocenters. The molecule has 0 aliphatic heterocycles. The lowest BCUT2D eigenvalue weighted by molar-refractivity contribution is -0.0256. The van der Waals surface area contributed by atoms with Gasteiger partial charge in [0.25, 0.3) is 15.9 Å². The number of oxazole rings is 1. The normalized spacial score (nSPS) is 26.3. The first-order valence-corrected chi connectivity index (χ1v) is 11.1. The number of rotatable bonds is 4. The number of halogens is 1. The third kappa shape index (κ3) is 3.33. The average Bonchev–Trinajstić information content (AvgIpc) is 3.21. The van der Waals surface area contributed by atoms with Crippen molar-refractivity contribution in [3.63, 3.8) is 0 Å². The molecule has 0 radical (unpaired) electrons. The highest BCUT2D eigenvalue weighted by Crippen LogP contribution is 2.61. The first kappa shape index (κ1) is 18.7. The summed E-state index contributed by atoms with van der Waals surface area (Å²) in [4.78, 5) is 16.8. The fraction of sp³-hybridized carbons (Fsp3) is 0.368. The van der Waals surface area contributed by atoms with Crippen LogP contribution in [0.2, 0.25) is 5.02 Å². The van der Waals surface area contributed by atoms with E-state index in [0.29, 0.717) is 5.02 Å². The zero-order chi connectivity index (χ0) is 20.4. The van der Waals surface area contributed by atoms with E-state index in [4.69, 9.17) is 25.6 Å². The molecule has 1 aromatic carbocycles. The highest BCUT2D eigenvalue weighted by molar-refractivity contribution is 7.89. The monoisotopic (exact) mass is 435 g/mol. The molecule has 2 fully saturated rings.